The van der Waals surface area contributed by atoms with E-state index in [1.807, 2.05) is 32.6 Å². The molecule has 1 fully saturated rings. The zero-order valence-electron chi connectivity index (χ0n) is 48.9. The van der Waals surface area contributed by atoms with Gasteiger partial charge in [0.05, 0.1) is 35.6 Å². The maximum Gasteiger partial charge on any atom is 0.312 e. The number of anilines is 2. The van der Waals surface area contributed by atoms with E-state index in [1.54, 1.807) is 45.1 Å². The summed E-state index contributed by atoms with van der Waals surface area (Å²) in [7, 11) is -4.04. The van der Waals surface area contributed by atoms with Crippen molar-refractivity contribution in [3.63, 3.8) is 0 Å². The van der Waals surface area contributed by atoms with E-state index >= 15 is 4.79 Å². The number of allylic oxidation sites excluding steroid dienone is 4. The number of amides is 1. The lowest BCUT2D eigenvalue weighted by Gasteiger charge is -2.40. The van der Waals surface area contributed by atoms with Crippen molar-refractivity contribution in [2.24, 2.45) is 29.6 Å². The molecule has 448 valence electrons. The molecule has 1 amide bonds. The zero-order chi connectivity index (χ0) is 61.7. The van der Waals surface area contributed by atoms with Gasteiger partial charge in [0.25, 0.3) is 18.2 Å². The van der Waals surface area contributed by atoms with Crippen molar-refractivity contribution in [3.8, 4) is 34.5 Å². The summed E-state index contributed by atoms with van der Waals surface area (Å²) < 4.78 is 43.1. The first-order valence-corrected chi connectivity index (χ1v) is 29.6. The van der Waals surface area contributed by atoms with Crippen molar-refractivity contribution in [2.75, 3.05) is 42.6 Å². The van der Waals surface area contributed by atoms with Gasteiger partial charge in [-0.3, -0.25) is 28.5 Å². The number of ketones is 1. The number of nitrogens with zero attached hydrogens (tertiary/aromatic N) is 3. The minimum Gasteiger partial charge on any atom is -0.507 e. The lowest BCUT2D eigenvalue weighted by Crippen LogP contribution is -2.46. The van der Waals surface area contributed by atoms with Crippen LogP contribution >= 0.6 is 7.37 Å². The molecule has 1 unspecified atom stereocenters. The third kappa shape index (κ3) is 11.8. The third-order valence-electron chi connectivity index (χ3n) is 16.9. The molecule has 6 aliphatic rings. The van der Waals surface area contributed by atoms with Gasteiger partial charge in [-0.1, -0.05) is 73.3 Å². The number of piperazine rings is 1. The average molecular weight is 1180 g/mol. The summed E-state index contributed by atoms with van der Waals surface area (Å²) >= 11 is 0. The number of carbonyl (C=O) groups is 5. The van der Waals surface area contributed by atoms with Gasteiger partial charge >= 0.3 is 11.8 Å². The summed E-state index contributed by atoms with van der Waals surface area (Å²) in [4.78, 5) is 99.0. The smallest absolute Gasteiger partial charge is 0.312 e. The number of hydrogen-bond donors (Lipinski definition) is 6. The zero-order valence-corrected chi connectivity index (χ0v) is 49.8. The molecule has 3 aromatic carbocycles. The van der Waals surface area contributed by atoms with E-state index in [2.05, 4.69) is 16.8 Å². The summed E-state index contributed by atoms with van der Waals surface area (Å²) in [5.74, 6) is -8.17. The molecule has 9 rings (SSSR count). The standard InChI is InChI=1S/C62H73N4O17P/c1-31-18-24-80-62(12)59(75)48-46-47(54(73)38(8)57(48)83-62)55(74)51(64-60(76)33(3)15-13-14-32(2)52(71)36(6)53(72)37(7)56(35(31)5)81-39(9)69)58-50(46)63-49-43(70)26-40(27-45(49)82-58)66-21-19-65(20-22-66)34(4)29-61(10,11)42-28-41(84(77,78)25-23-67)16-17-44(42)79-30-68/h13-18,23-24,26-28,30-32,35-37,52-53,56,70-73H,4,19-22,25,29H2,1-3,5-12H3,(H,64,76)(H,77,78)/b14-13+,24-18+,33-15-/t31-,32-,35+,36+,37+,52-,53+,56+,62-/m0/s1. The first-order chi connectivity index (χ1) is 39.5. The predicted octanol–water partition coefficient (Wildman–Crippen LogP) is 7.91. The van der Waals surface area contributed by atoms with Gasteiger partial charge < -0.3 is 68.6 Å². The molecule has 0 radical (unpaired) electrons. The molecule has 5 bridgehead atoms. The monoisotopic (exact) mass is 1180 g/mol. The largest absolute Gasteiger partial charge is 0.507 e. The minimum atomic E-state index is -4.04. The van der Waals surface area contributed by atoms with Crippen molar-refractivity contribution >= 4 is 76.3 Å². The van der Waals surface area contributed by atoms with E-state index in [-0.39, 0.29) is 73.7 Å². The number of phenols is 2. The Hall–Kier alpha value is -7.84. The normalized spacial score (nSPS) is 26.6. The lowest BCUT2D eigenvalue weighted by atomic mass is 9.77. The van der Waals surface area contributed by atoms with Gasteiger partial charge in [0.1, 0.15) is 52.3 Å². The Morgan fingerprint density at radius 1 is 0.952 bits per heavy atom. The minimum absolute atomic E-state index is 0.000154. The van der Waals surface area contributed by atoms with Crippen LogP contribution in [0.5, 0.6) is 23.0 Å². The summed E-state index contributed by atoms with van der Waals surface area (Å²) in [5, 5.41) is 49.1. The van der Waals surface area contributed by atoms with Crippen LogP contribution in [0, 0.1) is 36.5 Å². The highest BCUT2D eigenvalue weighted by atomic mass is 31.2. The van der Waals surface area contributed by atoms with Gasteiger partial charge in [-0.2, -0.15) is 0 Å². The molecule has 0 saturated carbocycles. The molecule has 6 N–H and O–H groups in total. The maximum absolute atomic E-state index is 15.1. The van der Waals surface area contributed by atoms with Gasteiger partial charge in [0, 0.05) is 109 Å². The summed E-state index contributed by atoms with van der Waals surface area (Å²) in [6.07, 6.45) is 4.66. The fourth-order valence-electron chi connectivity index (χ4n) is 11.5. The van der Waals surface area contributed by atoms with E-state index < -0.39 is 113 Å². The first kappa shape index (κ1) is 62.2. The number of ether oxygens (including phenoxy) is 4. The van der Waals surface area contributed by atoms with Crippen LogP contribution in [0.4, 0.5) is 11.4 Å². The highest BCUT2D eigenvalue weighted by molar-refractivity contribution is 7.66. The fourth-order valence-corrected chi connectivity index (χ4v) is 12.6. The summed E-state index contributed by atoms with van der Waals surface area (Å²) in [6.45, 7) is 24.5. The number of nitrogens with one attached hydrogen (secondary N) is 1. The Labute approximate surface area is 486 Å². The number of aliphatic hydroxyl groups is 2. The second kappa shape index (κ2) is 24.0. The Bertz CT molecular complexity index is 3650. The molecule has 5 aliphatic heterocycles. The van der Waals surface area contributed by atoms with E-state index in [0.717, 1.165) is 5.70 Å². The SMILES string of the molecule is C=C(CC(C)(C)c1cc(P(=O)(O)CC=O)ccc1OC=O)N1CCN(c2cc(O)c3nc4c5c6c7c(C)c(O)c5c(=O)c(c-4oc3c2)NC(=O)/C(C)=C\C=C\[C@H](C)[C@H](O)[C@@H](C)[C@@H](O)[C@@H](C)[C@H](OC(C)=O)[C@H](C)[C@@H](C)/C=C/O[C@@](C)(O7)C6=O)CC1. The van der Waals surface area contributed by atoms with Crippen LogP contribution in [-0.2, 0) is 38.6 Å². The lowest BCUT2D eigenvalue weighted by molar-refractivity contribution is -0.158. The number of fused-ring (bicyclic) bond motifs is 14. The summed E-state index contributed by atoms with van der Waals surface area (Å²) in [5.41, 5.74) is -0.886. The van der Waals surface area contributed by atoms with E-state index in [0.29, 0.717) is 50.1 Å². The molecule has 1 saturated heterocycles. The quantitative estimate of drug-likeness (QED) is 0.0241. The molecule has 5 heterocycles. The summed E-state index contributed by atoms with van der Waals surface area (Å²) in [6, 6.07) is 7.37. The number of phenolic OH excluding ortho intramolecular Hbond substituents is 2. The molecular weight excluding hydrogens is 1100 g/mol. The van der Waals surface area contributed by atoms with E-state index in [4.69, 9.17) is 28.3 Å². The van der Waals surface area contributed by atoms with Crippen molar-refractivity contribution < 1.29 is 77.2 Å². The van der Waals surface area contributed by atoms with Gasteiger partial charge in [-0.05, 0) is 61.8 Å². The first-order valence-electron chi connectivity index (χ1n) is 27.8. The molecule has 3 aromatic rings. The van der Waals surface area contributed by atoms with Gasteiger partial charge in [-0.25, -0.2) is 4.98 Å². The van der Waals surface area contributed by atoms with Crippen LogP contribution in [0.2, 0.25) is 0 Å². The van der Waals surface area contributed by atoms with Crippen LogP contribution < -0.4 is 30.4 Å². The average Bonchev–Trinajstić information content (AvgIpc) is 1.38. The molecule has 0 aromatic heterocycles. The number of aromatic nitrogens is 1. The number of rotatable bonds is 11. The number of benzene rings is 4. The van der Waals surface area contributed by atoms with Crippen molar-refractivity contribution in [3.05, 3.63) is 106 Å². The number of esters is 1. The van der Waals surface area contributed by atoms with Crippen molar-refractivity contribution in [1.82, 2.24) is 9.88 Å². The van der Waals surface area contributed by atoms with Crippen LogP contribution in [0.1, 0.15) is 97.1 Å². The fraction of sp³-hybridized carbons (Fsp3) is 0.435. The Balaban J connectivity index is 1.19. The molecule has 22 heteroatoms. The molecule has 0 spiro atoms. The predicted molar refractivity (Wildman–Crippen MR) is 315 cm³/mol. The number of Topliss-reactive ketones (excluding diaryl/α,β-unsaturated/α-hetero) is 1. The number of aliphatic hydroxyl groups excluding tert-OH is 2. The second-order valence-corrected chi connectivity index (χ2v) is 25.5. The van der Waals surface area contributed by atoms with Crippen LogP contribution in [0.25, 0.3) is 33.3 Å². The van der Waals surface area contributed by atoms with Crippen LogP contribution in [0.3, 0.4) is 0 Å². The molecular formula is C62H73N4O17P. The van der Waals surface area contributed by atoms with Gasteiger partial charge in [-0.15, -0.1) is 0 Å². The topological polar surface area (TPSA) is 302 Å². The van der Waals surface area contributed by atoms with Gasteiger partial charge in [0.2, 0.25) is 12.8 Å². The molecule has 21 nitrogen and oxygen atoms in total. The number of aldehydes is 1. The number of hydrogen-bond acceptors (Lipinski definition) is 19. The second-order valence-electron chi connectivity index (χ2n) is 23.2. The highest BCUT2D eigenvalue weighted by Crippen LogP contribution is 2.51. The third-order valence-corrected chi connectivity index (χ3v) is 18.6. The molecule has 84 heavy (non-hydrogen) atoms. The van der Waals surface area contributed by atoms with E-state index in [1.165, 1.54) is 64.3 Å². The Morgan fingerprint density at radius 3 is 2.30 bits per heavy atom. The Kier molecular flexibility index (Phi) is 17.8. The van der Waals surface area contributed by atoms with Crippen molar-refractivity contribution in [1.29, 1.82) is 0 Å². The van der Waals surface area contributed by atoms with Crippen LogP contribution in [0.15, 0.2) is 88.0 Å². The van der Waals surface area contributed by atoms with E-state index in [9.17, 15) is 53.9 Å². The number of aromatic hydroxyl groups is 2. The maximum atomic E-state index is 15.1. The Morgan fingerprint density at radius 2 is 1.64 bits per heavy atom. The molecule has 1 aliphatic carbocycles. The number of carbonyl (C=O) groups excluding carboxylic acids is 5. The van der Waals surface area contributed by atoms with Crippen molar-refractivity contribution in [2.45, 2.75) is 112 Å². The van der Waals surface area contributed by atoms with Gasteiger partial charge in [0.15, 0.2) is 11.3 Å². The molecule has 10 atom stereocenters. The van der Waals surface area contributed by atoms with Crippen LogP contribution in [-0.4, -0.2) is 122 Å². The highest BCUT2D eigenvalue weighted by Gasteiger charge is 2.50.